The van der Waals surface area contributed by atoms with E-state index in [0.717, 1.165) is 27.6 Å². The molecular formula is C49H31NO. The van der Waals surface area contributed by atoms with Crippen LogP contribution in [0.5, 0.6) is 0 Å². The molecule has 0 bridgehead atoms. The van der Waals surface area contributed by atoms with Gasteiger partial charge in [0.25, 0.3) is 0 Å². The van der Waals surface area contributed by atoms with E-state index in [1.54, 1.807) is 0 Å². The molecule has 0 unspecified atom stereocenters. The average Bonchev–Trinajstić information content (AvgIpc) is 3.85. The smallest absolute Gasteiger partial charge is 0.143 e. The molecule has 0 amide bonds. The Hall–Kier alpha value is -6.64. The van der Waals surface area contributed by atoms with E-state index in [9.17, 15) is 0 Å². The van der Waals surface area contributed by atoms with Crippen LogP contribution in [0.3, 0.4) is 0 Å². The monoisotopic (exact) mass is 649 g/mol. The second-order valence-corrected chi connectivity index (χ2v) is 13.6. The normalized spacial score (nSPS) is 13.3. The molecule has 2 heteroatoms. The van der Waals surface area contributed by atoms with Crippen molar-refractivity contribution in [2.45, 2.75) is 5.41 Å². The summed E-state index contributed by atoms with van der Waals surface area (Å²) in [4.78, 5) is 0. The minimum atomic E-state index is -0.542. The van der Waals surface area contributed by atoms with Crippen molar-refractivity contribution >= 4 is 43.7 Å². The highest BCUT2D eigenvalue weighted by Gasteiger charge is 2.47. The molecule has 11 rings (SSSR count). The Balaban J connectivity index is 1.22. The van der Waals surface area contributed by atoms with Crippen LogP contribution in [0.25, 0.3) is 71.7 Å². The van der Waals surface area contributed by atoms with Gasteiger partial charge in [0.1, 0.15) is 11.2 Å². The van der Waals surface area contributed by atoms with Crippen LogP contribution in [-0.4, -0.2) is 4.57 Å². The summed E-state index contributed by atoms with van der Waals surface area (Å²) in [5.41, 5.74) is 14.6. The lowest BCUT2D eigenvalue weighted by molar-refractivity contribution is 0.669. The molecule has 10 aromatic rings. The number of para-hydroxylation sites is 3. The van der Waals surface area contributed by atoms with E-state index in [0.29, 0.717) is 0 Å². The molecule has 2 aromatic heterocycles. The molecule has 1 aliphatic carbocycles. The average molecular weight is 650 g/mol. The van der Waals surface area contributed by atoms with Gasteiger partial charge in [-0.2, -0.15) is 0 Å². The number of nitrogens with zero attached hydrogens (tertiary/aromatic N) is 1. The summed E-state index contributed by atoms with van der Waals surface area (Å²) in [7, 11) is 0. The van der Waals surface area contributed by atoms with Crippen LogP contribution in [0.15, 0.2) is 192 Å². The zero-order valence-electron chi connectivity index (χ0n) is 27.8. The number of fused-ring (bicyclic) bond motifs is 10. The molecule has 8 aromatic carbocycles. The van der Waals surface area contributed by atoms with E-state index >= 15 is 0 Å². The molecular weight excluding hydrogens is 619 g/mol. The van der Waals surface area contributed by atoms with Crippen LogP contribution in [0.1, 0.15) is 22.3 Å². The predicted molar refractivity (Wildman–Crippen MR) is 211 cm³/mol. The number of hydrogen-bond acceptors (Lipinski definition) is 1. The Labute approximate surface area is 295 Å². The van der Waals surface area contributed by atoms with Crippen LogP contribution >= 0.6 is 0 Å². The highest BCUT2D eigenvalue weighted by molar-refractivity contribution is 6.13. The van der Waals surface area contributed by atoms with E-state index in [4.69, 9.17) is 4.42 Å². The largest absolute Gasteiger partial charge is 0.455 e. The summed E-state index contributed by atoms with van der Waals surface area (Å²) in [6.07, 6.45) is 0. The Kier molecular flexibility index (Phi) is 5.91. The van der Waals surface area contributed by atoms with Gasteiger partial charge >= 0.3 is 0 Å². The third-order valence-electron chi connectivity index (χ3n) is 11.1. The van der Waals surface area contributed by atoms with Crippen molar-refractivity contribution in [3.05, 3.63) is 210 Å². The van der Waals surface area contributed by atoms with E-state index in [1.165, 1.54) is 66.3 Å². The molecule has 0 radical (unpaired) electrons. The molecule has 1 aliphatic rings. The van der Waals surface area contributed by atoms with Crippen molar-refractivity contribution in [2.24, 2.45) is 0 Å². The first kappa shape index (κ1) is 28.2. The minimum absolute atomic E-state index is 0.542. The van der Waals surface area contributed by atoms with E-state index < -0.39 is 5.41 Å². The molecule has 0 atom stereocenters. The molecule has 0 aliphatic heterocycles. The topological polar surface area (TPSA) is 18.1 Å². The highest BCUT2D eigenvalue weighted by atomic mass is 16.3. The van der Waals surface area contributed by atoms with Crippen LogP contribution in [0.2, 0.25) is 0 Å². The molecule has 0 saturated carbocycles. The molecule has 0 N–H and O–H groups in total. The van der Waals surface area contributed by atoms with Gasteiger partial charge in [-0.05, 0) is 75.3 Å². The number of hydrogen-bond donors (Lipinski definition) is 0. The van der Waals surface area contributed by atoms with Crippen LogP contribution in [-0.2, 0) is 5.41 Å². The molecule has 51 heavy (non-hydrogen) atoms. The first-order chi connectivity index (χ1) is 25.3. The van der Waals surface area contributed by atoms with Gasteiger partial charge in [-0.25, -0.2) is 0 Å². The Morgan fingerprint density at radius 3 is 1.76 bits per heavy atom. The molecule has 2 heterocycles. The van der Waals surface area contributed by atoms with Gasteiger partial charge in [-0.15, -0.1) is 0 Å². The third kappa shape index (κ3) is 3.87. The summed E-state index contributed by atoms with van der Waals surface area (Å²) < 4.78 is 9.16. The Bertz CT molecular complexity index is 2910. The maximum absolute atomic E-state index is 6.76. The van der Waals surface area contributed by atoms with Crippen molar-refractivity contribution in [1.29, 1.82) is 0 Å². The van der Waals surface area contributed by atoms with Crippen molar-refractivity contribution in [1.82, 2.24) is 4.57 Å². The summed E-state index contributed by atoms with van der Waals surface area (Å²) in [6.45, 7) is 0. The highest BCUT2D eigenvalue weighted by Crippen LogP contribution is 2.59. The van der Waals surface area contributed by atoms with Gasteiger partial charge < -0.3 is 8.98 Å². The van der Waals surface area contributed by atoms with Gasteiger partial charge in [0.15, 0.2) is 0 Å². The lowest BCUT2D eigenvalue weighted by atomic mass is 9.67. The van der Waals surface area contributed by atoms with Crippen molar-refractivity contribution in [3.63, 3.8) is 0 Å². The van der Waals surface area contributed by atoms with Crippen LogP contribution in [0.4, 0.5) is 0 Å². The van der Waals surface area contributed by atoms with Gasteiger partial charge in [-0.1, -0.05) is 152 Å². The maximum atomic E-state index is 6.76. The zero-order chi connectivity index (χ0) is 33.5. The lowest BCUT2D eigenvalue weighted by Crippen LogP contribution is -2.28. The van der Waals surface area contributed by atoms with Gasteiger partial charge in [0.05, 0.1) is 16.4 Å². The second-order valence-electron chi connectivity index (χ2n) is 13.6. The van der Waals surface area contributed by atoms with Crippen molar-refractivity contribution in [3.8, 4) is 27.9 Å². The molecule has 238 valence electrons. The SMILES string of the molecule is c1ccc(-n2c3ccccc3c3ccc(-c4ccc5c(c4)C(c4ccccc4)(c4ccccc4)c4ccc6c(oc7ccccc76)c4-5)cc32)cc1. The third-order valence-corrected chi connectivity index (χ3v) is 11.1. The predicted octanol–water partition coefficient (Wildman–Crippen LogP) is 12.7. The van der Waals surface area contributed by atoms with Gasteiger partial charge in [0, 0.05) is 32.8 Å². The summed E-state index contributed by atoms with van der Waals surface area (Å²) >= 11 is 0. The Morgan fingerprint density at radius 2 is 1.00 bits per heavy atom. The number of benzene rings is 8. The van der Waals surface area contributed by atoms with Gasteiger partial charge in [0.2, 0.25) is 0 Å². The Morgan fingerprint density at radius 1 is 0.412 bits per heavy atom. The van der Waals surface area contributed by atoms with E-state index in [1.807, 2.05) is 0 Å². The lowest BCUT2D eigenvalue weighted by Gasteiger charge is -2.34. The summed E-state index contributed by atoms with van der Waals surface area (Å²) in [5.74, 6) is 0. The number of rotatable bonds is 4. The first-order valence-corrected chi connectivity index (χ1v) is 17.6. The fourth-order valence-electron chi connectivity index (χ4n) is 8.94. The number of aromatic nitrogens is 1. The van der Waals surface area contributed by atoms with Crippen LogP contribution < -0.4 is 0 Å². The fraction of sp³-hybridized carbons (Fsp3) is 0.0204. The molecule has 0 fully saturated rings. The van der Waals surface area contributed by atoms with Crippen molar-refractivity contribution < 1.29 is 4.42 Å². The summed E-state index contributed by atoms with van der Waals surface area (Å²) in [6, 6.07) is 68.5. The fourth-order valence-corrected chi connectivity index (χ4v) is 8.94. The minimum Gasteiger partial charge on any atom is -0.455 e. The van der Waals surface area contributed by atoms with E-state index in [-0.39, 0.29) is 0 Å². The van der Waals surface area contributed by atoms with Gasteiger partial charge in [-0.3, -0.25) is 0 Å². The van der Waals surface area contributed by atoms with Crippen LogP contribution in [0, 0.1) is 0 Å². The quantitative estimate of drug-likeness (QED) is 0.186. The number of furan rings is 1. The molecule has 0 spiro atoms. The molecule has 0 saturated heterocycles. The summed E-state index contributed by atoms with van der Waals surface area (Å²) in [5, 5.41) is 4.80. The molecule has 2 nitrogen and oxygen atoms in total. The first-order valence-electron chi connectivity index (χ1n) is 17.6. The zero-order valence-corrected chi connectivity index (χ0v) is 27.8. The van der Waals surface area contributed by atoms with E-state index in [2.05, 4.69) is 193 Å². The maximum Gasteiger partial charge on any atom is 0.143 e. The standard InChI is InChI=1S/C49H31NO/c1-4-14-34(15-5-1)49(35-16-6-2-7-17-35)42-29-28-40-39-21-11-13-23-46(39)51-48(40)47(42)41-27-25-32(30-43(41)49)33-24-26-38-37-20-10-12-22-44(37)50(45(38)31-33)36-18-8-3-9-19-36/h1-31H. The second kappa shape index (κ2) is 10.7. The van der Waals surface area contributed by atoms with Crippen molar-refractivity contribution in [2.75, 3.05) is 0 Å².